The molecule has 1 aliphatic carbocycles. The predicted molar refractivity (Wildman–Crippen MR) is 130 cm³/mol. The molecule has 0 atom stereocenters. The monoisotopic (exact) mass is 439 g/mol. The molecule has 2 fully saturated rings. The van der Waals surface area contributed by atoms with E-state index in [2.05, 4.69) is 21.6 Å². The first-order chi connectivity index (χ1) is 14.8. The average molecular weight is 440 g/mol. The largest absolute Gasteiger partial charge is 0.370 e. The van der Waals surface area contributed by atoms with Crippen molar-refractivity contribution in [2.45, 2.75) is 57.9 Å². The maximum atomic E-state index is 13.0. The molecule has 0 spiro atoms. The highest BCUT2D eigenvalue weighted by molar-refractivity contribution is 6.33. The Bertz CT molecular complexity index is 930. The summed E-state index contributed by atoms with van der Waals surface area (Å²) in [7, 11) is 0. The number of benzene rings is 2. The number of nitrogens with one attached hydrogen (secondary N) is 2. The molecule has 5 heteroatoms. The SMILES string of the molecule is Cc1cccc(C(C)(C)C(=O)Nc2ccc(N3CCC(NCC4CC4)CC3)c(Cl)c2)c1. The van der Waals surface area contributed by atoms with Gasteiger partial charge in [0.1, 0.15) is 0 Å². The molecule has 2 aromatic carbocycles. The maximum Gasteiger partial charge on any atom is 0.234 e. The minimum atomic E-state index is -0.632. The summed E-state index contributed by atoms with van der Waals surface area (Å²) in [6, 6.07) is 14.6. The number of anilines is 2. The lowest BCUT2D eigenvalue weighted by atomic mass is 9.83. The normalized spacial score (nSPS) is 17.6. The van der Waals surface area contributed by atoms with E-state index in [-0.39, 0.29) is 5.91 Å². The minimum Gasteiger partial charge on any atom is -0.370 e. The van der Waals surface area contributed by atoms with Gasteiger partial charge in [-0.15, -0.1) is 0 Å². The summed E-state index contributed by atoms with van der Waals surface area (Å²) < 4.78 is 0. The number of rotatable bonds is 7. The van der Waals surface area contributed by atoms with Crippen molar-refractivity contribution in [3.05, 3.63) is 58.6 Å². The molecule has 2 aliphatic rings. The highest BCUT2D eigenvalue weighted by Crippen LogP contribution is 2.33. The maximum absolute atomic E-state index is 13.0. The molecule has 0 unspecified atom stereocenters. The number of piperidine rings is 1. The van der Waals surface area contributed by atoms with E-state index in [4.69, 9.17) is 11.6 Å². The molecule has 4 nitrogen and oxygen atoms in total. The summed E-state index contributed by atoms with van der Waals surface area (Å²) in [5.74, 6) is 0.885. The lowest BCUT2D eigenvalue weighted by Gasteiger charge is -2.34. The Morgan fingerprint density at radius 1 is 1.10 bits per heavy atom. The Morgan fingerprint density at radius 3 is 2.48 bits per heavy atom. The van der Waals surface area contributed by atoms with Crippen molar-refractivity contribution in [3.63, 3.8) is 0 Å². The number of nitrogens with zero attached hydrogens (tertiary/aromatic N) is 1. The van der Waals surface area contributed by atoms with Gasteiger partial charge in [-0.05, 0) is 82.7 Å². The summed E-state index contributed by atoms with van der Waals surface area (Å²) in [5, 5.41) is 7.47. The fraction of sp³-hybridized carbons (Fsp3) is 0.500. The van der Waals surface area contributed by atoms with Crippen molar-refractivity contribution in [2.24, 2.45) is 5.92 Å². The highest BCUT2D eigenvalue weighted by Gasteiger charge is 2.30. The second kappa shape index (κ2) is 9.22. The third kappa shape index (κ3) is 5.42. The van der Waals surface area contributed by atoms with E-state index in [1.807, 2.05) is 57.2 Å². The van der Waals surface area contributed by atoms with E-state index in [0.717, 1.165) is 54.4 Å². The number of hydrogen-bond acceptors (Lipinski definition) is 3. The molecule has 2 aromatic rings. The molecular formula is C26H34ClN3O. The summed E-state index contributed by atoms with van der Waals surface area (Å²) in [5.41, 5.74) is 3.31. The first-order valence-electron chi connectivity index (χ1n) is 11.5. The molecule has 166 valence electrons. The van der Waals surface area contributed by atoms with Crippen LogP contribution in [0.1, 0.15) is 50.7 Å². The number of amides is 1. The van der Waals surface area contributed by atoms with E-state index in [1.54, 1.807) is 0 Å². The topological polar surface area (TPSA) is 44.4 Å². The Morgan fingerprint density at radius 2 is 1.84 bits per heavy atom. The molecular weight excluding hydrogens is 406 g/mol. The minimum absolute atomic E-state index is 0.0375. The number of carbonyl (C=O) groups excluding carboxylic acids is 1. The summed E-state index contributed by atoms with van der Waals surface area (Å²) >= 11 is 6.64. The van der Waals surface area contributed by atoms with Crippen molar-refractivity contribution in [1.82, 2.24) is 5.32 Å². The van der Waals surface area contributed by atoms with Gasteiger partial charge < -0.3 is 15.5 Å². The van der Waals surface area contributed by atoms with Gasteiger partial charge in [-0.2, -0.15) is 0 Å². The average Bonchev–Trinajstić information content (AvgIpc) is 3.57. The van der Waals surface area contributed by atoms with E-state index < -0.39 is 5.41 Å². The van der Waals surface area contributed by atoms with Gasteiger partial charge in [0.2, 0.25) is 5.91 Å². The standard InChI is InChI=1S/C26H34ClN3O/c1-18-5-4-6-20(15-18)26(2,3)25(31)29-22-9-10-24(23(27)16-22)30-13-11-21(12-14-30)28-17-19-7-8-19/h4-6,9-10,15-16,19,21,28H,7-8,11-14,17H2,1-3H3,(H,29,31). The summed E-state index contributed by atoms with van der Waals surface area (Å²) in [4.78, 5) is 15.4. The van der Waals surface area contributed by atoms with E-state index >= 15 is 0 Å². The van der Waals surface area contributed by atoms with Gasteiger partial charge in [-0.3, -0.25) is 4.79 Å². The summed E-state index contributed by atoms with van der Waals surface area (Å²) in [6.45, 7) is 9.14. The zero-order valence-electron chi connectivity index (χ0n) is 18.9. The van der Waals surface area contributed by atoms with Crippen molar-refractivity contribution in [1.29, 1.82) is 0 Å². The van der Waals surface area contributed by atoms with Crippen LogP contribution in [-0.4, -0.2) is 31.6 Å². The number of carbonyl (C=O) groups is 1. The Balaban J connectivity index is 1.36. The first kappa shape index (κ1) is 22.2. The van der Waals surface area contributed by atoms with Gasteiger partial charge in [-0.25, -0.2) is 0 Å². The molecule has 1 heterocycles. The zero-order chi connectivity index (χ0) is 22.0. The van der Waals surface area contributed by atoms with Gasteiger partial charge in [-0.1, -0.05) is 41.4 Å². The number of halogens is 1. The molecule has 1 aliphatic heterocycles. The van der Waals surface area contributed by atoms with Gasteiger partial charge in [0.05, 0.1) is 16.1 Å². The second-order valence-corrected chi connectivity index (χ2v) is 10.1. The fourth-order valence-corrected chi connectivity index (χ4v) is 4.57. The van der Waals surface area contributed by atoms with Crippen molar-refractivity contribution in [3.8, 4) is 0 Å². The van der Waals surface area contributed by atoms with Crippen LogP contribution in [0, 0.1) is 12.8 Å². The van der Waals surface area contributed by atoms with Gasteiger partial charge in [0.25, 0.3) is 0 Å². The molecule has 2 N–H and O–H groups in total. The van der Waals surface area contributed by atoms with Crippen LogP contribution < -0.4 is 15.5 Å². The zero-order valence-corrected chi connectivity index (χ0v) is 19.6. The van der Waals surface area contributed by atoms with Crippen LogP contribution in [0.25, 0.3) is 0 Å². The number of hydrogen-bond donors (Lipinski definition) is 2. The van der Waals surface area contributed by atoms with Crippen LogP contribution in [-0.2, 0) is 10.2 Å². The Labute approximate surface area is 191 Å². The number of aryl methyl sites for hydroxylation is 1. The third-order valence-corrected chi connectivity index (χ3v) is 7.04. The molecule has 4 rings (SSSR count). The van der Waals surface area contributed by atoms with Gasteiger partial charge in [0, 0.05) is 24.8 Å². The molecule has 1 amide bonds. The lowest BCUT2D eigenvalue weighted by molar-refractivity contribution is -0.120. The van der Waals surface area contributed by atoms with Crippen LogP contribution in [0.5, 0.6) is 0 Å². The molecule has 0 aromatic heterocycles. The first-order valence-corrected chi connectivity index (χ1v) is 11.9. The molecule has 1 saturated heterocycles. The molecule has 31 heavy (non-hydrogen) atoms. The van der Waals surface area contributed by atoms with Crippen molar-refractivity contribution < 1.29 is 4.79 Å². The Kier molecular flexibility index (Phi) is 6.59. The lowest BCUT2D eigenvalue weighted by Crippen LogP contribution is -2.43. The smallest absolute Gasteiger partial charge is 0.234 e. The van der Waals surface area contributed by atoms with Crippen LogP contribution >= 0.6 is 11.6 Å². The van der Waals surface area contributed by atoms with Crippen molar-refractivity contribution in [2.75, 3.05) is 29.9 Å². The quantitative estimate of drug-likeness (QED) is 0.595. The fourth-order valence-electron chi connectivity index (χ4n) is 4.27. The van der Waals surface area contributed by atoms with Crippen molar-refractivity contribution >= 4 is 28.9 Å². The highest BCUT2D eigenvalue weighted by atomic mass is 35.5. The molecule has 0 radical (unpaired) electrons. The van der Waals surface area contributed by atoms with Crippen LogP contribution in [0.3, 0.4) is 0 Å². The van der Waals surface area contributed by atoms with Gasteiger partial charge in [0.15, 0.2) is 0 Å². The predicted octanol–water partition coefficient (Wildman–Crippen LogP) is 5.53. The van der Waals surface area contributed by atoms with Crippen LogP contribution in [0.4, 0.5) is 11.4 Å². The Hall–Kier alpha value is -2.04. The second-order valence-electron chi connectivity index (χ2n) is 9.73. The van der Waals surface area contributed by atoms with Gasteiger partial charge >= 0.3 is 0 Å². The van der Waals surface area contributed by atoms with Crippen LogP contribution in [0.2, 0.25) is 5.02 Å². The molecule has 0 bridgehead atoms. The van der Waals surface area contributed by atoms with Crippen LogP contribution in [0.15, 0.2) is 42.5 Å². The van der Waals surface area contributed by atoms with E-state index in [9.17, 15) is 4.79 Å². The third-order valence-electron chi connectivity index (χ3n) is 6.74. The van der Waals surface area contributed by atoms with E-state index in [1.165, 1.54) is 19.4 Å². The summed E-state index contributed by atoms with van der Waals surface area (Å²) in [6.07, 6.45) is 5.08. The molecule has 1 saturated carbocycles. The van der Waals surface area contributed by atoms with E-state index in [0.29, 0.717) is 11.1 Å².